The van der Waals surface area contributed by atoms with Crippen LogP contribution in [-0.4, -0.2) is 11.5 Å². The number of nitrogens with one attached hydrogen (secondary N) is 2. The molecule has 118 valence electrons. The highest BCUT2D eigenvalue weighted by atomic mass is 15.1. The summed E-state index contributed by atoms with van der Waals surface area (Å²) in [7, 11) is 0. The first kappa shape index (κ1) is 15.4. The maximum Gasteiger partial charge on any atom is 0.250 e. The van der Waals surface area contributed by atoms with Gasteiger partial charge < -0.3 is 5.32 Å². The zero-order valence-corrected chi connectivity index (χ0v) is 14.2. The molecular weight excluding hydrogens is 284 g/mol. The molecule has 0 unspecified atom stereocenters. The third-order valence-corrected chi connectivity index (χ3v) is 4.34. The van der Waals surface area contributed by atoms with Crippen molar-refractivity contribution < 1.29 is 4.40 Å². The van der Waals surface area contributed by atoms with Gasteiger partial charge in [0.15, 0.2) is 0 Å². The van der Waals surface area contributed by atoms with Crippen LogP contribution in [0.25, 0.3) is 16.7 Å². The van der Waals surface area contributed by atoms with E-state index in [0.717, 1.165) is 46.6 Å². The Morgan fingerprint density at radius 3 is 2.70 bits per heavy atom. The summed E-state index contributed by atoms with van der Waals surface area (Å²) >= 11 is 0. The van der Waals surface area contributed by atoms with E-state index in [0.29, 0.717) is 5.92 Å². The standard InChI is InChI=1S/C19H22N4/c1-5-14-13(4)15(10-20)19-22-16-8-6-7-9-17(16)23(19)18(14)21-11-12(2)3/h6-9,12H,5,11H2,1-4H3,(H,21,22)/p+1. The number of anilines is 1. The number of para-hydroxylation sites is 2. The number of pyridine rings is 1. The number of hydrogen-bond donors (Lipinski definition) is 2. The minimum atomic E-state index is 0.552. The van der Waals surface area contributed by atoms with Crippen LogP contribution < -0.4 is 9.72 Å². The number of rotatable bonds is 4. The van der Waals surface area contributed by atoms with Crippen LogP contribution in [-0.2, 0) is 6.42 Å². The second kappa shape index (κ2) is 5.92. The second-order valence-electron chi connectivity index (χ2n) is 6.39. The first-order valence-corrected chi connectivity index (χ1v) is 8.20. The number of hydrogen-bond acceptors (Lipinski definition) is 2. The molecule has 0 spiro atoms. The summed E-state index contributed by atoms with van der Waals surface area (Å²) in [6.07, 6.45) is 0.892. The van der Waals surface area contributed by atoms with Gasteiger partial charge in [-0.15, -0.1) is 0 Å². The van der Waals surface area contributed by atoms with Crippen LogP contribution in [0.15, 0.2) is 24.3 Å². The molecular formula is C19H23N4+. The molecule has 0 saturated carbocycles. The molecule has 0 saturated heterocycles. The molecule has 0 aliphatic rings. The Morgan fingerprint density at radius 2 is 2.04 bits per heavy atom. The quantitative estimate of drug-likeness (QED) is 0.722. The van der Waals surface area contributed by atoms with Crippen LogP contribution >= 0.6 is 0 Å². The lowest BCUT2D eigenvalue weighted by Gasteiger charge is -2.13. The number of fused-ring (bicyclic) bond motifs is 3. The topological polar surface area (TPSA) is 55.7 Å². The molecule has 4 heteroatoms. The van der Waals surface area contributed by atoms with E-state index >= 15 is 0 Å². The summed E-state index contributed by atoms with van der Waals surface area (Å²) in [6.45, 7) is 9.49. The van der Waals surface area contributed by atoms with Crippen molar-refractivity contribution in [2.24, 2.45) is 5.92 Å². The predicted molar refractivity (Wildman–Crippen MR) is 93.6 cm³/mol. The van der Waals surface area contributed by atoms with Crippen molar-refractivity contribution in [3.8, 4) is 6.07 Å². The van der Waals surface area contributed by atoms with Crippen molar-refractivity contribution >= 4 is 22.5 Å². The van der Waals surface area contributed by atoms with Crippen LogP contribution in [0.3, 0.4) is 0 Å². The monoisotopic (exact) mass is 307 g/mol. The van der Waals surface area contributed by atoms with Crippen LogP contribution in [0.1, 0.15) is 37.5 Å². The van der Waals surface area contributed by atoms with E-state index in [1.54, 1.807) is 0 Å². The third-order valence-electron chi connectivity index (χ3n) is 4.34. The SMILES string of the molecule is CCc1c(C)c(C#N)c2[nH]c3ccccc3[n+]2c1NCC(C)C. The van der Waals surface area contributed by atoms with E-state index in [1.165, 1.54) is 5.56 Å². The van der Waals surface area contributed by atoms with Crippen molar-refractivity contribution in [3.05, 3.63) is 41.0 Å². The molecule has 2 heterocycles. The minimum absolute atomic E-state index is 0.552. The van der Waals surface area contributed by atoms with Gasteiger partial charge in [-0.05, 0) is 37.0 Å². The highest BCUT2D eigenvalue weighted by Crippen LogP contribution is 2.25. The summed E-state index contributed by atoms with van der Waals surface area (Å²) < 4.78 is 2.17. The largest absolute Gasteiger partial charge is 0.305 e. The van der Waals surface area contributed by atoms with Gasteiger partial charge in [-0.2, -0.15) is 9.66 Å². The average molecular weight is 307 g/mol. The van der Waals surface area contributed by atoms with Crippen molar-refractivity contribution in [3.63, 3.8) is 0 Å². The van der Waals surface area contributed by atoms with Gasteiger partial charge in [0.2, 0.25) is 11.5 Å². The zero-order valence-electron chi connectivity index (χ0n) is 14.2. The lowest BCUT2D eigenvalue weighted by Crippen LogP contribution is -2.30. The Morgan fingerprint density at radius 1 is 1.30 bits per heavy atom. The van der Waals surface area contributed by atoms with E-state index in [1.807, 2.05) is 19.1 Å². The maximum atomic E-state index is 9.67. The van der Waals surface area contributed by atoms with E-state index < -0.39 is 0 Å². The lowest BCUT2D eigenvalue weighted by atomic mass is 10.0. The number of aromatic amines is 1. The Bertz CT molecular complexity index is 913. The van der Waals surface area contributed by atoms with Gasteiger partial charge in [0, 0.05) is 5.56 Å². The Hall–Kier alpha value is -2.54. The highest BCUT2D eigenvalue weighted by Gasteiger charge is 2.24. The number of nitriles is 1. The van der Waals surface area contributed by atoms with Gasteiger partial charge in [-0.25, -0.2) is 0 Å². The summed E-state index contributed by atoms with van der Waals surface area (Å²) in [4.78, 5) is 3.42. The molecule has 4 nitrogen and oxygen atoms in total. The fourth-order valence-corrected chi connectivity index (χ4v) is 3.18. The molecule has 0 fully saturated rings. The zero-order chi connectivity index (χ0) is 16.6. The Balaban J connectivity index is 2.44. The molecule has 0 bridgehead atoms. The Labute approximate surface area is 136 Å². The first-order chi connectivity index (χ1) is 11.1. The number of imidazole rings is 1. The Kier molecular flexibility index (Phi) is 3.96. The van der Waals surface area contributed by atoms with Crippen LogP contribution in [0.2, 0.25) is 0 Å². The van der Waals surface area contributed by atoms with Crippen molar-refractivity contribution in [1.29, 1.82) is 5.26 Å². The van der Waals surface area contributed by atoms with Crippen molar-refractivity contribution in [2.75, 3.05) is 11.9 Å². The van der Waals surface area contributed by atoms with Gasteiger partial charge in [-0.1, -0.05) is 32.9 Å². The second-order valence-corrected chi connectivity index (χ2v) is 6.39. The van der Waals surface area contributed by atoms with E-state index in [9.17, 15) is 5.26 Å². The fraction of sp³-hybridized carbons (Fsp3) is 0.368. The van der Waals surface area contributed by atoms with Crippen LogP contribution in [0.4, 0.5) is 5.82 Å². The average Bonchev–Trinajstić information content (AvgIpc) is 2.91. The van der Waals surface area contributed by atoms with Crippen molar-refractivity contribution in [1.82, 2.24) is 4.98 Å². The van der Waals surface area contributed by atoms with Crippen LogP contribution in [0, 0.1) is 24.2 Å². The number of H-pyrrole nitrogens is 1. The molecule has 0 amide bonds. The molecule has 1 aromatic carbocycles. The summed E-state index contributed by atoms with van der Waals surface area (Å²) in [5, 5.41) is 13.3. The number of nitrogens with zero attached hydrogens (tertiary/aromatic N) is 2. The number of benzene rings is 1. The van der Waals surface area contributed by atoms with Crippen molar-refractivity contribution in [2.45, 2.75) is 34.1 Å². The molecule has 0 radical (unpaired) electrons. The molecule has 0 aliphatic carbocycles. The van der Waals surface area contributed by atoms with Gasteiger partial charge in [-0.3, -0.25) is 4.98 Å². The molecule has 23 heavy (non-hydrogen) atoms. The summed E-state index contributed by atoms with van der Waals surface area (Å²) in [5.74, 6) is 1.65. The predicted octanol–water partition coefficient (Wildman–Crippen LogP) is 3.72. The van der Waals surface area contributed by atoms with E-state index in [-0.39, 0.29) is 0 Å². The third kappa shape index (κ3) is 2.43. The van der Waals surface area contributed by atoms with Crippen LogP contribution in [0.5, 0.6) is 0 Å². The molecule has 2 aromatic heterocycles. The van der Waals surface area contributed by atoms with Gasteiger partial charge in [0.05, 0.1) is 6.54 Å². The molecule has 2 N–H and O–H groups in total. The van der Waals surface area contributed by atoms with Gasteiger partial charge >= 0.3 is 0 Å². The lowest BCUT2D eigenvalue weighted by molar-refractivity contribution is -0.465. The molecule has 0 aliphatic heterocycles. The smallest absolute Gasteiger partial charge is 0.250 e. The van der Waals surface area contributed by atoms with Gasteiger partial charge in [0.25, 0.3) is 0 Å². The van der Waals surface area contributed by atoms with E-state index in [4.69, 9.17) is 0 Å². The maximum absolute atomic E-state index is 9.67. The highest BCUT2D eigenvalue weighted by molar-refractivity contribution is 5.78. The molecule has 3 aromatic rings. The number of aromatic nitrogens is 2. The molecule has 3 rings (SSSR count). The first-order valence-electron chi connectivity index (χ1n) is 8.20. The normalized spacial score (nSPS) is 11.3. The van der Waals surface area contributed by atoms with Gasteiger partial charge in [0.1, 0.15) is 22.7 Å². The minimum Gasteiger partial charge on any atom is -0.305 e. The summed E-state index contributed by atoms with van der Waals surface area (Å²) in [5.41, 5.74) is 6.02. The summed E-state index contributed by atoms with van der Waals surface area (Å²) in [6, 6.07) is 10.6. The fourth-order valence-electron chi connectivity index (χ4n) is 3.18. The van der Waals surface area contributed by atoms with E-state index in [2.05, 4.69) is 53.7 Å². The molecule has 0 atom stereocenters.